The normalized spacial score (nSPS) is 21.1. The molecule has 1 aliphatic heterocycles. The first-order valence-corrected chi connectivity index (χ1v) is 8.67. The van der Waals surface area contributed by atoms with E-state index in [1.807, 2.05) is 36.5 Å². The lowest BCUT2D eigenvalue weighted by molar-refractivity contribution is -0.202. The monoisotopic (exact) mass is 338 g/mol. The van der Waals surface area contributed by atoms with Gasteiger partial charge in [0.05, 0.1) is 13.2 Å². The number of aryl methyl sites for hydroxylation is 1. The molecule has 1 aliphatic carbocycles. The Balaban J connectivity index is 1.42. The van der Waals surface area contributed by atoms with Crippen LogP contribution in [-0.4, -0.2) is 37.3 Å². The summed E-state index contributed by atoms with van der Waals surface area (Å²) in [6, 6.07) is 11.9. The molecule has 25 heavy (non-hydrogen) atoms. The molecule has 2 heterocycles. The smallest absolute Gasteiger partial charge is 0.251 e. The molecule has 0 saturated carbocycles. The van der Waals surface area contributed by atoms with E-state index in [0.717, 1.165) is 30.5 Å². The fourth-order valence-electron chi connectivity index (χ4n) is 3.57. The molecule has 4 rings (SSSR count). The van der Waals surface area contributed by atoms with Crippen molar-refractivity contribution in [2.75, 3.05) is 20.3 Å². The quantitative estimate of drug-likeness (QED) is 0.929. The molecule has 2 aromatic rings. The number of pyridine rings is 1. The van der Waals surface area contributed by atoms with E-state index in [-0.39, 0.29) is 17.6 Å². The minimum Gasteiger partial charge on any atom is -0.375 e. The largest absolute Gasteiger partial charge is 0.375 e. The summed E-state index contributed by atoms with van der Waals surface area (Å²) in [5.41, 5.74) is 3.77. The fourth-order valence-corrected chi connectivity index (χ4v) is 3.57. The maximum absolute atomic E-state index is 12.6. The van der Waals surface area contributed by atoms with E-state index in [9.17, 15) is 4.79 Å². The zero-order chi connectivity index (χ0) is 17.3. The summed E-state index contributed by atoms with van der Waals surface area (Å²) < 4.78 is 10.9. The van der Waals surface area contributed by atoms with Crippen LogP contribution in [0.3, 0.4) is 0 Å². The Hall–Kier alpha value is -2.24. The Labute approximate surface area is 147 Å². The van der Waals surface area contributed by atoms with Crippen molar-refractivity contribution < 1.29 is 14.3 Å². The number of nitrogens with one attached hydrogen (secondary N) is 1. The van der Waals surface area contributed by atoms with Gasteiger partial charge >= 0.3 is 0 Å². The molecule has 1 fully saturated rings. The van der Waals surface area contributed by atoms with Gasteiger partial charge in [0.2, 0.25) is 0 Å². The molecule has 0 radical (unpaired) electrons. The molecule has 0 spiro atoms. The van der Waals surface area contributed by atoms with Crippen LogP contribution in [0.5, 0.6) is 0 Å². The number of ether oxygens (including phenoxy) is 2. The third-order valence-electron chi connectivity index (χ3n) is 5.25. The first-order chi connectivity index (χ1) is 12.2. The zero-order valence-corrected chi connectivity index (χ0v) is 14.3. The van der Waals surface area contributed by atoms with Crippen LogP contribution in [0.2, 0.25) is 0 Å². The highest BCUT2D eigenvalue weighted by molar-refractivity contribution is 5.94. The van der Waals surface area contributed by atoms with Crippen molar-refractivity contribution in [3.63, 3.8) is 0 Å². The van der Waals surface area contributed by atoms with E-state index < -0.39 is 0 Å². The second-order valence-electron chi connectivity index (χ2n) is 6.79. The van der Waals surface area contributed by atoms with Crippen molar-refractivity contribution in [3.8, 4) is 0 Å². The van der Waals surface area contributed by atoms with Crippen molar-refractivity contribution >= 4 is 5.91 Å². The summed E-state index contributed by atoms with van der Waals surface area (Å²) in [4.78, 5) is 17.0. The highest BCUT2D eigenvalue weighted by Crippen LogP contribution is 2.33. The van der Waals surface area contributed by atoms with Crippen molar-refractivity contribution in [2.45, 2.75) is 30.9 Å². The zero-order valence-electron chi connectivity index (χ0n) is 14.3. The van der Waals surface area contributed by atoms with E-state index in [2.05, 4.69) is 16.4 Å². The average Bonchev–Trinajstić information content (AvgIpc) is 2.62. The second kappa shape index (κ2) is 6.58. The predicted octanol–water partition coefficient (Wildman–Crippen LogP) is 2.24. The van der Waals surface area contributed by atoms with Crippen LogP contribution in [0.15, 0.2) is 42.6 Å². The van der Waals surface area contributed by atoms with Gasteiger partial charge in [-0.1, -0.05) is 18.2 Å². The highest BCUT2D eigenvalue weighted by Gasteiger charge is 2.40. The van der Waals surface area contributed by atoms with E-state index in [0.29, 0.717) is 18.8 Å². The van der Waals surface area contributed by atoms with Gasteiger partial charge in [-0.3, -0.25) is 9.78 Å². The molecule has 1 aromatic carbocycles. The van der Waals surface area contributed by atoms with Crippen LogP contribution in [0, 0.1) is 0 Å². The lowest BCUT2D eigenvalue weighted by atomic mass is 9.90. The lowest BCUT2D eigenvalue weighted by Crippen LogP contribution is -2.48. The number of carbonyl (C=O) groups is 1. The van der Waals surface area contributed by atoms with Crippen LogP contribution in [-0.2, 0) is 27.9 Å². The summed E-state index contributed by atoms with van der Waals surface area (Å²) in [5.74, 6) is -0.0276. The van der Waals surface area contributed by atoms with Gasteiger partial charge in [0, 0.05) is 30.6 Å². The maximum atomic E-state index is 12.6. The number of hydrogen-bond acceptors (Lipinski definition) is 4. The molecule has 1 amide bonds. The van der Waals surface area contributed by atoms with Gasteiger partial charge in [0.25, 0.3) is 5.91 Å². The second-order valence-corrected chi connectivity index (χ2v) is 6.79. The molecule has 1 saturated heterocycles. The number of aromatic nitrogens is 1. The van der Waals surface area contributed by atoms with Gasteiger partial charge in [-0.25, -0.2) is 0 Å². The average molecular weight is 338 g/mol. The van der Waals surface area contributed by atoms with Crippen molar-refractivity contribution in [2.24, 2.45) is 0 Å². The number of methoxy groups -OCH3 is 1. The molecule has 5 nitrogen and oxygen atoms in total. The topological polar surface area (TPSA) is 60.5 Å². The highest BCUT2D eigenvalue weighted by atomic mass is 16.6. The van der Waals surface area contributed by atoms with Crippen molar-refractivity contribution in [1.82, 2.24) is 10.3 Å². The number of rotatable bonds is 4. The molecule has 1 N–H and O–H groups in total. The number of fused-ring (bicyclic) bond motifs is 1. The Kier molecular flexibility index (Phi) is 4.27. The van der Waals surface area contributed by atoms with E-state index in [1.54, 1.807) is 7.11 Å². The SMILES string of the molecule is COC1(c2ccc(C(=O)NC3CCc4ncccc4C3)cc2)COC1. The number of amides is 1. The van der Waals surface area contributed by atoms with E-state index >= 15 is 0 Å². The minimum absolute atomic E-state index is 0.0276. The summed E-state index contributed by atoms with van der Waals surface area (Å²) in [6.07, 6.45) is 4.52. The lowest BCUT2D eigenvalue weighted by Gasteiger charge is -2.40. The van der Waals surface area contributed by atoms with Gasteiger partial charge in [-0.2, -0.15) is 0 Å². The molecule has 1 atom stereocenters. The number of nitrogens with zero attached hydrogens (tertiary/aromatic N) is 1. The van der Waals surface area contributed by atoms with Gasteiger partial charge in [0.1, 0.15) is 5.60 Å². The van der Waals surface area contributed by atoms with Crippen molar-refractivity contribution in [3.05, 3.63) is 65.0 Å². The Morgan fingerprint density at radius 2 is 2.08 bits per heavy atom. The first kappa shape index (κ1) is 16.2. The van der Waals surface area contributed by atoms with Gasteiger partial charge in [-0.15, -0.1) is 0 Å². The third kappa shape index (κ3) is 3.05. The van der Waals surface area contributed by atoms with E-state index in [4.69, 9.17) is 9.47 Å². The summed E-state index contributed by atoms with van der Waals surface area (Å²) >= 11 is 0. The van der Waals surface area contributed by atoms with Gasteiger partial charge in [0.15, 0.2) is 0 Å². The third-order valence-corrected chi connectivity index (χ3v) is 5.25. The van der Waals surface area contributed by atoms with Crippen LogP contribution in [0.1, 0.15) is 33.6 Å². The van der Waals surface area contributed by atoms with Crippen LogP contribution >= 0.6 is 0 Å². The number of hydrogen-bond donors (Lipinski definition) is 1. The van der Waals surface area contributed by atoms with Gasteiger partial charge < -0.3 is 14.8 Å². The molecule has 2 aliphatic rings. The molecule has 1 aromatic heterocycles. The van der Waals surface area contributed by atoms with Crippen LogP contribution in [0.4, 0.5) is 0 Å². The summed E-state index contributed by atoms with van der Waals surface area (Å²) in [5, 5.41) is 3.15. The van der Waals surface area contributed by atoms with Gasteiger partial charge in [-0.05, 0) is 48.6 Å². The van der Waals surface area contributed by atoms with Crippen LogP contribution in [0.25, 0.3) is 0 Å². The Morgan fingerprint density at radius 1 is 1.28 bits per heavy atom. The fraction of sp³-hybridized carbons (Fsp3) is 0.400. The first-order valence-electron chi connectivity index (χ1n) is 8.67. The van der Waals surface area contributed by atoms with E-state index in [1.165, 1.54) is 5.56 Å². The summed E-state index contributed by atoms with van der Waals surface area (Å²) in [7, 11) is 1.69. The molecule has 1 unspecified atom stereocenters. The predicted molar refractivity (Wildman–Crippen MR) is 93.5 cm³/mol. The maximum Gasteiger partial charge on any atom is 0.251 e. The standard InChI is InChI=1S/C20H22N2O3/c1-24-20(12-25-13-20)16-6-4-14(5-7-16)19(23)22-17-8-9-18-15(11-17)3-2-10-21-18/h2-7,10,17H,8-9,11-13H2,1H3,(H,22,23). The molecular weight excluding hydrogens is 316 g/mol. The number of benzene rings is 1. The molecular formula is C20H22N2O3. The number of carbonyl (C=O) groups excluding carboxylic acids is 1. The Morgan fingerprint density at radius 3 is 2.76 bits per heavy atom. The molecule has 5 heteroatoms. The minimum atomic E-state index is -0.352. The molecule has 130 valence electrons. The van der Waals surface area contributed by atoms with Crippen molar-refractivity contribution in [1.29, 1.82) is 0 Å². The van der Waals surface area contributed by atoms with Crippen LogP contribution < -0.4 is 5.32 Å². The Bertz CT molecular complexity index is 763. The summed E-state index contributed by atoms with van der Waals surface area (Å²) in [6.45, 7) is 1.12. The molecule has 0 bridgehead atoms.